The molecular weight excluding hydrogens is 256 g/mol. The predicted molar refractivity (Wildman–Crippen MR) is 76.3 cm³/mol. The van der Waals surface area contributed by atoms with Crippen molar-refractivity contribution in [2.24, 2.45) is 11.1 Å². The third-order valence-corrected chi connectivity index (χ3v) is 4.06. The predicted octanol–water partition coefficient (Wildman–Crippen LogP) is 1.26. The van der Waals surface area contributed by atoms with Crippen molar-refractivity contribution in [1.29, 1.82) is 0 Å². The molecule has 0 spiro atoms. The summed E-state index contributed by atoms with van der Waals surface area (Å²) in [7, 11) is 0. The van der Waals surface area contributed by atoms with Gasteiger partial charge in [-0.15, -0.1) is 0 Å². The van der Waals surface area contributed by atoms with Gasteiger partial charge in [-0.1, -0.05) is 6.07 Å². The molecule has 0 bridgehead atoms. The molecule has 1 aliphatic heterocycles. The third kappa shape index (κ3) is 2.17. The van der Waals surface area contributed by atoms with Crippen molar-refractivity contribution in [2.45, 2.75) is 12.8 Å². The second-order valence-corrected chi connectivity index (χ2v) is 5.19. The first-order valence-electron chi connectivity index (χ1n) is 6.76. The van der Waals surface area contributed by atoms with E-state index in [1.54, 1.807) is 6.20 Å². The van der Waals surface area contributed by atoms with Crippen LogP contribution in [0.5, 0.6) is 0 Å². The van der Waals surface area contributed by atoms with Gasteiger partial charge in [-0.05, 0) is 25.0 Å². The molecule has 4 N–H and O–H groups in total. The highest BCUT2D eigenvalue weighted by molar-refractivity contribution is 6.03. The molecular formula is C14H18N4O2. The summed E-state index contributed by atoms with van der Waals surface area (Å²) >= 11 is 0. The zero-order valence-electron chi connectivity index (χ0n) is 11.2. The molecule has 6 heteroatoms. The highest BCUT2D eigenvalue weighted by Gasteiger charge is 2.38. The van der Waals surface area contributed by atoms with E-state index in [1.807, 2.05) is 18.2 Å². The fourth-order valence-corrected chi connectivity index (χ4v) is 2.62. The maximum atomic E-state index is 12.6. The van der Waals surface area contributed by atoms with E-state index >= 15 is 0 Å². The quantitative estimate of drug-likeness (QED) is 0.785. The van der Waals surface area contributed by atoms with E-state index in [0.29, 0.717) is 32.6 Å². The van der Waals surface area contributed by atoms with E-state index in [4.69, 9.17) is 10.5 Å². The Labute approximate surface area is 116 Å². The smallest absolute Gasteiger partial charge is 0.232 e. The number of aromatic amines is 1. The number of nitrogens with two attached hydrogens (primary N) is 1. The molecule has 0 radical (unpaired) electrons. The molecule has 1 fully saturated rings. The number of rotatable bonds is 3. The average Bonchev–Trinajstić information content (AvgIpc) is 2.97. The Hall–Kier alpha value is -1.92. The first kappa shape index (κ1) is 13.1. The maximum absolute atomic E-state index is 12.6. The fraction of sp³-hybridized carbons (Fsp3) is 0.429. The van der Waals surface area contributed by atoms with Crippen LogP contribution in [-0.4, -0.2) is 35.9 Å². The normalized spacial score (nSPS) is 18.1. The summed E-state index contributed by atoms with van der Waals surface area (Å²) in [6, 6.07) is 5.68. The van der Waals surface area contributed by atoms with Crippen molar-refractivity contribution in [3.8, 4) is 0 Å². The van der Waals surface area contributed by atoms with Crippen molar-refractivity contribution >= 4 is 22.5 Å². The van der Waals surface area contributed by atoms with Gasteiger partial charge in [0.05, 0.1) is 22.8 Å². The van der Waals surface area contributed by atoms with Crippen LogP contribution >= 0.6 is 0 Å². The summed E-state index contributed by atoms with van der Waals surface area (Å²) in [6.07, 6.45) is 3.04. The van der Waals surface area contributed by atoms with Crippen molar-refractivity contribution < 1.29 is 9.53 Å². The van der Waals surface area contributed by atoms with Gasteiger partial charge >= 0.3 is 0 Å². The first-order chi connectivity index (χ1) is 9.75. The molecule has 3 rings (SSSR count). The highest BCUT2D eigenvalue weighted by Crippen LogP contribution is 2.32. The molecule has 1 aromatic carbocycles. The van der Waals surface area contributed by atoms with Crippen molar-refractivity contribution in [2.75, 3.05) is 25.1 Å². The minimum atomic E-state index is -0.524. The van der Waals surface area contributed by atoms with Crippen LogP contribution < -0.4 is 11.1 Å². The summed E-state index contributed by atoms with van der Waals surface area (Å²) in [4.78, 5) is 12.6. The van der Waals surface area contributed by atoms with Gasteiger partial charge in [-0.3, -0.25) is 9.89 Å². The van der Waals surface area contributed by atoms with E-state index in [9.17, 15) is 4.79 Å². The molecule has 0 unspecified atom stereocenters. The summed E-state index contributed by atoms with van der Waals surface area (Å²) in [6.45, 7) is 1.50. The Morgan fingerprint density at radius 3 is 3.00 bits per heavy atom. The largest absolute Gasteiger partial charge is 0.381 e. The average molecular weight is 274 g/mol. The maximum Gasteiger partial charge on any atom is 0.232 e. The van der Waals surface area contributed by atoms with E-state index in [-0.39, 0.29) is 5.91 Å². The number of nitrogens with zero attached hydrogens (tertiary/aromatic N) is 1. The minimum absolute atomic E-state index is 0.0306. The van der Waals surface area contributed by atoms with Crippen LogP contribution in [0, 0.1) is 5.41 Å². The lowest BCUT2D eigenvalue weighted by molar-refractivity contribution is -0.130. The Balaban J connectivity index is 1.86. The lowest BCUT2D eigenvalue weighted by atomic mass is 9.79. The number of benzene rings is 1. The number of aromatic nitrogens is 2. The molecule has 2 heterocycles. The summed E-state index contributed by atoms with van der Waals surface area (Å²) in [5.41, 5.74) is 6.99. The molecule has 2 aromatic rings. The number of carbonyl (C=O) groups is 1. The van der Waals surface area contributed by atoms with Gasteiger partial charge in [0.2, 0.25) is 5.91 Å². The molecule has 20 heavy (non-hydrogen) atoms. The summed E-state index contributed by atoms with van der Waals surface area (Å²) < 4.78 is 5.33. The van der Waals surface area contributed by atoms with Crippen molar-refractivity contribution in [1.82, 2.24) is 10.2 Å². The molecule has 106 valence electrons. The van der Waals surface area contributed by atoms with Crippen LogP contribution in [0.15, 0.2) is 24.4 Å². The van der Waals surface area contributed by atoms with Gasteiger partial charge in [-0.25, -0.2) is 0 Å². The second kappa shape index (κ2) is 5.22. The molecule has 6 nitrogen and oxygen atoms in total. The Morgan fingerprint density at radius 1 is 1.45 bits per heavy atom. The molecule has 1 amide bonds. The van der Waals surface area contributed by atoms with Crippen LogP contribution in [0.1, 0.15) is 12.8 Å². The zero-order chi connectivity index (χ0) is 14.0. The number of hydrogen-bond acceptors (Lipinski definition) is 4. The van der Waals surface area contributed by atoms with Crippen LogP contribution in [0.4, 0.5) is 5.69 Å². The van der Waals surface area contributed by atoms with E-state index in [2.05, 4.69) is 15.5 Å². The standard InChI is InChI=1S/C14H18N4O2/c15-9-14(4-6-20-7-5-14)13(19)17-11-2-1-3-12-10(11)8-16-18-12/h1-3,8H,4-7,9,15H2,(H,16,18)(H,17,19). The van der Waals surface area contributed by atoms with E-state index in [0.717, 1.165) is 16.6 Å². The number of fused-ring (bicyclic) bond motifs is 1. The van der Waals surface area contributed by atoms with E-state index in [1.165, 1.54) is 0 Å². The van der Waals surface area contributed by atoms with Crippen LogP contribution in [0.2, 0.25) is 0 Å². The third-order valence-electron chi connectivity index (χ3n) is 4.06. The second-order valence-electron chi connectivity index (χ2n) is 5.19. The van der Waals surface area contributed by atoms with Gasteiger partial charge in [0.15, 0.2) is 0 Å². The van der Waals surface area contributed by atoms with Crippen molar-refractivity contribution in [3.05, 3.63) is 24.4 Å². The number of anilines is 1. The molecule has 0 atom stereocenters. The monoisotopic (exact) mass is 274 g/mol. The van der Waals surface area contributed by atoms with Crippen LogP contribution in [0.3, 0.4) is 0 Å². The minimum Gasteiger partial charge on any atom is -0.381 e. The Kier molecular flexibility index (Phi) is 3.42. The van der Waals surface area contributed by atoms with Gasteiger partial charge in [0.1, 0.15) is 0 Å². The van der Waals surface area contributed by atoms with E-state index < -0.39 is 5.41 Å². The zero-order valence-corrected chi connectivity index (χ0v) is 11.2. The van der Waals surface area contributed by atoms with Crippen LogP contribution in [0.25, 0.3) is 10.9 Å². The Morgan fingerprint density at radius 2 is 2.25 bits per heavy atom. The number of hydrogen-bond donors (Lipinski definition) is 3. The highest BCUT2D eigenvalue weighted by atomic mass is 16.5. The number of ether oxygens (including phenoxy) is 1. The number of H-pyrrole nitrogens is 1. The topological polar surface area (TPSA) is 93.0 Å². The fourth-order valence-electron chi connectivity index (χ4n) is 2.62. The number of nitrogens with one attached hydrogen (secondary N) is 2. The molecule has 0 aliphatic carbocycles. The first-order valence-corrected chi connectivity index (χ1v) is 6.76. The van der Waals surface area contributed by atoms with Crippen LogP contribution in [-0.2, 0) is 9.53 Å². The summed E-state index contributed by atoms with van der Waals surface area (Å²) in [5, 5.41) is 10.8. The van der Waals surface area contributed by atoms with Gasteiger partial charge in [-0.2, -0.15) is 5.10 Å². The molecule has 1 saturated heterocycles. The van der Waals surface area contributed by atoms with Gasteiger partial charge in [0.25, 0.3) is 0 Å². The lowest BCUT2D eigenvalue weighted by Gasteiger charge is -2.34. The van der Waals surface area contributed by atoms with Gasteiger partial charge < -0.3 is 15.8 Å². The lowest BCUT2D eigenvalue weighted by Crippen LogP contribution is -2.46. The van der Waals surface area contributed by atoms with Gasteiger partial charge in [0, 0.05) is 25.1 Å². The Bertz CT molecular complexity index is 616. The molecule has 0 saturated carbocycles. The number of amides is 1. The van der Waals surface area contributed by atoms with Crippen molar-refractivity contribution in [3.63, 3.8) is 0 Å². The SMILES string of the molecule is NCC1(C(=O)Nc2cccc3[nH]ncc23)CCOCC1. The molecule has 1 aliphatic rings. The number of carbonyl (C=O) groups excluding carboxylic acids is 1. The summed E-state index contributed by atoms with van der Waals surface area (Å²) in [5.74, 6) is -0.0306. The molecule has 1 aromatic heterocycles.